The van der Waals surface area contributed by atoms with Crippen LogP contribution in [0.2, 0.25) is 0 Å². The van der Waals surface area contributed by atoms with Gasteiger partial charge >= 0.3 is 5.97 Å². The molecule has 30 heavy (non-hydrogen) atoms. The minimum absolute atomic E-state index is 0.0534. The Morgan fingerprint density at radius 1 is 1.00 bits per heavy atom. The number of aromatic nitrogens is 4. The van der Waals surface area contributed by atoms with Crippen LogP contribution >= 0.6 is 0 Å². The van der Waals surface area contributed by atoms with Crippen LogP contribution in [0, 0.1) is 6.92 Å². The summed E-state index contributed by atoms with van der Waals surface area (Å²) in [5, 5.41) is 12.1. The van der Waals surface area contributed by atoms with Crippen molar-refractivity contribution in [1.82, 2.24) is 25.1 Å². The van der Waals surface area contributed by atoms with E-state index in [0.29, 0.717) is 11.4 Å². The summed E-state index contributed by atoms with van der Waals surface area (Å²) >= 11 is 0. The summed E-state index contributed by atoms with van der Waals surface area (Å²) in [6.07, 6.45) is 2.12. The minimum Gasteiger partial charge on any atom is -0.459 e. The fourth-order valence-electron chi connectivity index (χ4n) is 3.30. The highest BCUT2D eigenvalue weighted by Gasteiger charge is 2.19. The standard InChI is InChI=1S/C22H23N5O3/c1-16-4-8-18(9-5-16)21-23-25-27(24-21)14-20(28)30-15-17-6-10-19(11-7-17)22(29)26-12-2-3-13-26/h4-11H,2-3,12-15H2,1H3. The zero-order valence-corrected chi connectivity index (χ0v) is 16.8. The Kier molecular flexibility index (Phi) is 5.83. The second kappa shape index (κ2) is 8.86. The van der Waals surface area contributed by atoms with Gasteiger partial charge in [0.1, 0.15) is 6.61 Å². The lowest BCUT2D eigenvalue weighted by molar-refractivity contribution is -0.146. The van der Waals surface area contributed by atoms with Gasteiger partial charge in [0.05, 0.1) is 0 Å². The molecule has 8 nitrogen and oxygen atoms in total. The first-order valence-corrected chi connectivity index (χ1v) is 9.97. The third-order valence-corrected chi connectivity index (χ3v) is 5.03. The van der Waals surface area contributed by atoms with E-state index in [2.05, 4.69) is 15.4 Å². The number of benzene rings is 2. The number of tetrazole rings is 1. The molecule has 154 valence electrons. The van der Waals surface area contributed by atoms with Gasteiger partial charge in [-0.15, -0.1) is 10.2 Å². The highest BCUT2D eigenvalue weighted by molar-refractivity contribution is 5.94. The number of carbonyl (C=O) groups is 2. The number of nitrogens with zero attached hydrogens (tertiary/aromatic N) is 5. The van der Waals surface area contributed by atoms with E-state index in [-0.39, 0.29) is 19.1 Å². The summed E-state index contributed by atoms with van der Waals surface area (Å²) < 4.78 is 5.30. The third-order valence-electron chi connectivity index (χ3n) is 5.03. The first-order valence-electron chi connectivity index (χ1n) is 9.97. The van der Waals surface area contributed by atoms with Gasteiger partial charge in [-0.05, 0) is 42.7 Å². The molecule has 1 amide bonds. The molecule has 2 heterocycles. The number of ether oxygens (including phenoxy) is 1. The Hall–Kier alpha value is -3.55. The maximum atomic E-state index is 12.4. The molecule has 1 aliphatic heterocycles. The lowest BCUT2D eigenvalue weighted by Gasteiger charge is -2.15. The fraction of sp³-hybridized carbons (Fsp3) is 0.318. The van der Waals surface area contributed by atoms with Gasteiger partial charge in [-0.2, -0.15) is 4.80 Å². The van der Waals surface area contributed by atoms with Crippen LogP contribution in [0.1, 0.15) is 34.3 Å². The van der Waals surface area contributed by atoms with E-state index in [9.17, 15) is 9.59 Å². The maximum Gasteiger partial charge on any atom is 0.330 e. The number of carbonyl (C=O) groups excluding carboxylic acids is 2. The largest absolute Gasteiger partial charge is 0.459 e. The van der Waals surface area contributed by atoms with Gasteiger partial charge in [-0.1, -0.05) is 42.0 Å². The average Bonchev–Trinajstić information content (AvgIpc) is 3.45. The molecule has 1 aliphatic rings. The van der Waals surface area contributed by atoms with Crippen molar-refractivity contribution < 1.29 is 14.3 Å². The van der Waals surface area contributed by atoms with Gasteiger partial charge < -0.3 is 9.64 Å². The molecule has 1 fully saturated rings. The number of esters is 1. The predicted octanol–water partition coefficient (Wildman–Crippen LogP) is 2.63. The molecule has 0 saturated carbocycles. The molecule has 0 aliphatic carbocycles. The summed E-state index contributed by atoms with van der Waals surface area (Å²) in [7, 11) is 0. The predicted molar refractivity (Wildman–Crippen MR) is 109 cm³/mol. The summed E-state index contributed by atoms with van der Waals surface area (Å²) in [5.74, 6) is 0.0545. The van der Waals surface area contributed by atoms with Crippen LogP contribution < -0.4 is 0 Å². The van der Waals surface area contributed by atoms with Crippen molar-refractivity contribution in [3.8, 4) is 11.4 Å². The smallest absolute Gasteiger partial charge is 0.330 e. The highest BCUT2D eigenvalue weighted by atomic mass is 16.5. The van der Waals surface area contributed by atoms with E-state index in [1.807, 2.05) is 36.1 Å². The molecule has 2 aromatic carbocycles. The molecule has 0 radical (unpaired) electrons. The number of hydrogen-bond acceptors (Lipinski definition) is 6. The molecular weight excluding hydrogens is 382 g/mol. The first kappa shape index (κ1) is 19.8. The molecule has 0 atom stereocenters. The topological polar surface area (TPSA) is 90.2 Å². The summed E-state index contributed by atoms with van der Waals surface area (Å²) in [6, 6.07) is 14.9. The van der Waals surface area contributed by atoms with Crippen LogP contribution in [0.15, 0.2) is 48.5 Å². The van der Waals surface area contributed by atoms with E-state index in [1.54, 1.807) is 24.3 Å². The second-order valence-corrected chi connectivity index (χ2v) is 7.37. The van der Waals surface area contributed by atoms with Crippen LogP contribution in [0.25, 0.3) is 11.4 Å². The number of hydrogen-bond donors (Lipinski definition) is 0. The van der Waals surface area contributed by atoms with Crippen molar-refractivity contribution in [3.05, 3.63) is 65.2 Å². The van der Waals surface area contributed by atoms with Gasteiger partial charge in [0.25, 0.3) is 5.91 Å². The molecule has 0 N–H and O–H groups in total. The van der Waals surface area contributed by atoms with Crippen molar-refractivity contribution >= 4 is 11.9 Å². The number of rotatable bonds is 6. The normalized spacial score (nSPS) is 13.4. The monoisotopic (exact) mass is 405 g/mol. The fourth-order valence-corrected chi connectivity index (χ4v) is 3.30. The lowest BCUT2D eigenvalue weighted by atomic mass is 10.1. The highest BCUT2D eigenvalue weighted by Crippen LogP contribution is 2.15. The molecule has 4 rings (SSSR count). The minimum atomic E-state index is -0.458. The first-order chi connectivity index (χ1) is 14.6. The van der Waals surface area contributed by atoms with Crippen LogP contribution in [0.5, 0.6) is 0 Å². The van der Waals surface area contributed by atoms with Crippen molar-refractivity contribution in [2.24, 2.45) is 0 Å². The lowest BCUT2D eigenvalue weighted by Crippen LogP contribution is -2.27. The summed E-state index contributed by atoms with van der Waals surface area (Å²) in [4.78, 5) is 27.6. The van der Waals surface area contributed by atoms with Gasteiger partial charge in [0.2, 0.25) is 5.82 Å². The Labute approximate surface area is 174 Å². The van der Waals surface area contributed by atoms with E-state index >= 15 is 0 Å². The van der Waals surface area contributed by atoms with Gasteiger partial charge in [-0.25, -0.2) is 4.79 Å². The zero-order chi connectivity index (χ0) is 20.9. The van der Waals surface area contributed by atoms with Crippen molar-refractivity contribution in [1.29, 1.82) is 0 Å². The quantitative estimate of drug-likeness (QED) is 0.586. The van der Waals surface area contributed by atoms with Crippen LogP contribution in [0.4, 0.5) is 0 Å². The second-order valence-electron chi connectivity index (χ2n) is 7.37. The number of likely N-dealkylation sites (tertiary alicyclic amines) is 1. The van der Waals surface area contributed by atoms with E-state index in [0.717, 1.165) is 42.6 Å². The number of aryl methyl sites for hydroxylation is 1. The Bertz CT molecular complexity index is 1020. The van der Waals surface area contributed by atoms with E-state index < -0.39 is 5.97 Å². The Morgan fingerprint density at radius 3 is 2.40 bits per heavy atom. The summed E-state index contributed by atoms with van der Waals surface area (Å²) in [5.41, 5.74) is 3.45. The SMILES string of the molecule is Cc1ccc(-c2nnn(CC(=O)OCc3ccc(C(=O)N4CCCC4)cc3)n2)cc1. The van der Waals surface area contributed by atoms with Crippen LogP contribution in [-0.4, -0.2) is 50.1 Å². The Balaban J connectivity index is 1.28. The van der Waals surface area contributed by atoms with E-state index in [1.165, 1.54) is 4.80 Å². The molecular formula is C22H23N5O3. The molecule has 1 aromatic heterocycles. The number of amides is 1. The molecule has 8 heteroatoms. The molecule has 0 unspecified atom stereocenters. The van der Waals surface area contributed by atoms with Gasteiger partial charge in [0, 0.05) is 24.2 Å². The zero-order valence-electron chi connectivity index (χ0n) is 16.8. The molecule has 0 spiro atoms. The molecule has 3 aromatic rings. The molecule has 0 bridgehead atoms. The van der Waals surface area contributed by atoms with Crippen molar-refractivity contribution in [2.75, 3.05) is 13.1 Å². The molecule has 1 saturated heterocycles. The van der Waals surface area contributed by atoms with Gasteiger partial charge in [-0.3, -0.25) is 4.79 Å². The summed E-state index contributed by atoms with van der Waals surface area (Å²) in [6.45, 7) is 3.64. The third kappa shape index (κ3) is 4.71. The van der Waals surface area contributed by atoms with Crippen LogP contribution in [-0.2, 0) is 22.7 Å². The average molecular weight is 405 g/mol. The maximum absolute atomic E-state index is 12.4. The van der Waals surface area contributed by atoms with E-state index in [4.69, 9.17) is 4.74 Å². The van der Waals surface area contributed by atoms with Crippen LogP contribution in [0.3, 0.4) is 0 Å². The van der Waals surface area contributed by atoms with Crippen molar-refractivity contribution in [2.45, 2.75) is 32.9 Å². The Morgan fingerprint density at radius 2 is 1.70 bits per heavy atom. The van der Waals surface area contributed by atoms with Crippen molar-refractivity contribution in [3.63, 3.8) is 0 Å². The van der Waals surface area contributed by atoms with Gasteiger partial charge in [0.15, 0.2) is 6.54 Å².